The maximum Gasteiger partial charge on any atom is 0.343 e. The molecule has 0 amide bonds. The molecule has 0 saturated carbocycles. The quantitative estimate of drug-likeness (QED) is 0.662. The molecule has 1 aliphatic rings. The highest BCUT2D eigenvalue weighted by molar-refractivity contribution is 5.89. The van der Waals surface area contributed by atoms with E-state index in [4.69, 9.17) is 0 Å². The van der Waals surface area contributed by atoms with Crippen molar-refractivity contribution in [3.05, 3.63) is 33.2 Å². The molecule has 2 rings (SSSR count). The standard InChI is InChI=1S/C12H15NO3/c1-7-4-8-6-9(12(15)16-3)11(14)13(2)10(8)5-7/h6-7H,4-5H2,1-3H3. The van der Waals surface area contributed by atoms with Gasteiger partial charge in [0.05, 0.1) is 7.11 Å². The number of rotatable bonds is 1. The van der Waals surface area contributed by atoms with Gasteiger partial charge in [0, 0.05) is 12.7 Å². The van der Waals surface area contributed by atoms with Crippen LogP contribution in [0.2, 0.25) is 0 Å². The van der Waals surface area contributed by atoms with Crippen molar-refractivity contribution in [2.45, 2.75) is 19.8 Å². The predicted octanol–water partition coefficient (Wildman–Crippen LogP) is 0.907. The Morgan fingerprint density at radius 2 is 2.19 bits per heavy atom. The summed E-state index contributed by atoms with van der Waals surface area (Å²) in [6.45, 7) is 2.14. The Morgan fingerprint density at radius 3 is 2.81 bits per heavy atom. The fourth-order valence-corrected chi connectivity index (χ4v) is 2.32. The lowest BCUT2D eigenvalue weighted by Gasteiger charge is -2.08. The highest BCUT2D eigenvalue weighted by Gasteiger charge is 2.24. The summed E-state index contributed by atoms with van der Waals surface area (Å²) in [4.78, 5) is 23.3. The van der Waals surface area contributed by atoms with Crippen molar-refractivity contribution in [2.24, 2.45) is 13.0 Å². The minimum atomic E-state index is -0.553. The van der Waals surface area contributed by atoms with Gasteiger partial charge in [-0.25, -0.2) is 4.79 Å². The Balaban J connectivity index is 2.61. The number of ether oxygens (including phenoxy) is 1. The number of nitrogens with zero attached hydrogens (tertiary/aromatic N) is 1. The van der Waals surface area contributed by atoms with E-state index < -0.39 is 5.97 Å². The molecule has 0 saturated heterocycles. The minimum Gasteiger partial charge on any atom is -0.465 e. The van der Waals surface area contributed by atoms with Gasteiger partial charge < -0.3 is 9.30 Å². The van der Waals surface area contributed by atoms with Gasteiger partial charge in [-0.2, -0.15) is 0 Å². The fourth-order valence-electron chi connectivity index (χ4n) is 2.32. The summed E-state index contributed by atoms with van der Waals surface area (Å²) in [5.74, 6) is -0.0172. The summed E-state index contributed by atoms with van der Waals surface area (Å²) in [5, 5.41) is 0. The number of carbonyl (C=O) groups is 1. The molecule has 1 aromatic rings. The molecule has 0 bridgehead atoms. The van der Waals surface area contributed by atoms with Gasteiger partial charge in [0.15, 0.2) is 0 Å². The maximum atomic E-state index is 11.9. The summed E-state index contributed by atoms with van der Waals surface area (Å²) >= 11 is 0. The number of pyridine rings is 1. The molecular formula is C12H15NO3. The summed E-state index contributed by atoms with van der Waals surface area (Å²) in [6.07, 6.45) is 1.83. The largest absolute Gasteiger partial charge is 0.465 e. The van der Waals surface area contributed by atoms with Crippen molar-refractivity contribution >= 4 is 5.97 Å². The number of esters is 1. The van der Waals surface area contributed by atoms with Crippen LogP contribution in [0.5, 0.6) is 0 Å². The number of methoxy groups -OCH3 is 1. The molecule has 1 aliphatic carbocycles. The van der Waals surface area contributed by atoms with E-state index in [0.717, 1.165) is 24.1 Å². The van der Waals surface area contributed by atoms with E-state index in [1.54, 1.807) is 17.7 Å². The van der Waals surface area contributed by atoms with E-state index in [9.17, 15) is 9.59 Å². The highest BCUT2D eigenvalue weighted by Crippen LogP contribution is 2.25. The third-order valence-electron chi connectivity index (χ3n) is 3.14. The normalized spacial score (nSPS) is 18.3. The van der Waals surface area contributed by atoms with Crippen molar-refractivity contribution in [1.29, 1.82) is 0 Å². The summed E-state index contributed by atoms with van der Waals surface area (Å²) in [5.41, 5.74) is 2.01. The Bertz CT molecular complexity index is 502. The lowest BCUT2D eigenvalue weighted by atomic mass is 10.1. The molecule has 0 radical (unpaired) electrons. The zero-order valence-corrected chi connectivity index (χ0v) is 9.74. The van der Waals surface area contributed by atoms with Gasteiger partial charge in [-0.05, 0) is 30.4 Å². The van der Waals surface area contributed by atoms with E-state index in [1.165, 1.54) is 7.11 Å². The average Bonchev–Trinajstić information content (AvgIpc) is 2.63. The zero-order valence-electron chi connectivity index (χ0n) is 9.74. The Hall–Kier alpha value is -1.58. The number of aromatic nitrogens is 1. The van der Waals surface area contributed by atoms with Gasteiger partial charge in [0.2, 0.25) is 0 Å². The molecule has 4 nitrogen and oxygen atoms in total. The fraction of sp³-hybridized carbons (Fsp3) is 0.500. The summed E-state index contributed by atoms with van der Waals surface area (Å²) in [7, 11) is 3.00. The topological polar surface area (TPSA) is 48.3 Å². The molecular weight excluding hydrogens is 206 g/mol. The van der Waals surface area contributed by atoms with E-state index in [-0.39, 0.29) is 11.1 Å². The van der Waals surface area contributed by atoms with Crippen molar-refractivity contribution in [3.8, 4) is 0 Å². The summed E-state index contributed by atoms with van der Waals surface area (Å²) in [6, 6.07) is 1.69. The van der Waals surface area contributed by atoms with Crippen molar-refractivity contribution in [2.75, 3.05) is 7.11 Å². The number of hydrogen-bond acceptors (Lipinski definition) is 3. The van der Waals surface area contributed by atoms with Gasteiger partial charge >= 0.3 is 5.97 Å². The first kappa shape index (κ1) is 10.9. The molecule has 0 spiro atoms. The second kappa shape index (κ2) is 3.77. The Kier molecular flexibility index (Phi) is 2.58. The van der Waals surface area contributed by atoms with Crippen LogP contribution in [0.1, 0.15) is 28.5 Å². The first-order valence-corrected chi connectivity index (χ1v) is 5.34. The zero-order chi connectivity index (χ0) is 11.9. The minimum absolute atomic E-state index is 0.137. The number of hydrogen-bond donors (Lipinski definition) is 0. The van der Waals surface area contributed by atoms with Crippen LogP contribution < -0.4 is 5.56 Å². The average molecular weight is 221 g/mol. The molecule has 1 atom stereocenters. The molecule has 1 aromatic heterocycles. The monoisotopic (exact) mass is 221 g/mol. The summed E-state index contributed by atoms with van der Waals surface area (Å²) < 4.78 is 6.18. The van der Waals surface area contributed by atoms with Crippen LogP contribution >= 0.6 is 0 Å². The van der Waals surface area contributed by atoms with Crippen LogP contribution in [-0.2, 0) is 24.6 Å². The second-order valence-electron chi connectivity index (χ2n) is 4.40. The SMILES string of the molecule is COC(=O)c1cc2c(n(C)c1=O)CC(C)C2. The van der Waals surface area contributed by atoms with Crippen molar-refractivity contribution < 1.29 is 9.53 Å². The van der Waals surface area contributed by atoms with Gasteiger partial charge in [-0.3, -0.25) is 4.79 Å². The van der Waals surface area contributed by atoms with E-state index in [2.05, 4.69) is 11.7 Å². The van der Waals surface area contributed by atoms with Gasteiger partial charge in [0.25, 0.3) is 5.56 Å². The first-order valence-electron chi connectivity index (χ1n) is 5.34. The molecule has 1 heterocycles. The molecule has 0 aliphatic heterocycles. The number of fused-ring (bicyclic) bond motifs is 1. The second-order valence-corrected chi connectivity index (χ2v) is 4.40. The Labute approximate surface area is 93.8 Å². The smallest absolute Gasteiger partial charge is 0.343 e. The predicted molar refractivity (Wildman–Crippen MR) is 59.6 cm³/mol. The van der Waals surface area contributed by atoms with Crippen LogP contribution in [0, 0.1) is 5.92 Å². The Morgan fingerprint density at radius 1 is 1.50 bits per heavy atom. The van der Waals surface area contributed by atoms with Crippen LogP contribution in [-0.4, -0.2) is 17.6 Å². The molecule has 0 N–H and O–H groups in total. The van der Waals surface area contributed by atoms with Crippen LogP contribution in [0.4, 0.5) is 0 Å². The van der Waals surface area contributed by atoms with Crippen LogP contribution in [0.3, 0.4) is 0 Å². The van der Waals surface area contributed by atoms with E-state index in [0.29, 0.717) is 5.92 Å². The molecule has 4 heteroatoms. The van der Waals surface area contributed by atoms with Crippen LogP contribution in [0.25, 0.3) is 0 Å². The molecule has 0 fully saturated rings. The maximum absolute atomic E-state index is 11.9. The van der Waals surface area contributed by atoms with Crippen molar-refractivity contribution in [3.63, 3.8) is 0 Å². The van der Waals surface area contributed by atoms with Crippen molar-refractivity contribution in [1.82, 2.24) is 4.57 Å². The van der Waals surface area contributed by atoms with Gasteiger partial charge in [-0.1, -0.05) is 6.92 Å². The van der Waals surface area contributed by atoms with Gasteiger partial charge in [0.1, 0.15) is 5.56 Å². The van der Waals surface area contributed by atoms with E-state index in [1.807, 2.05) is 0 Å². The highest BCUT2D eigenvalue weighted by atomic mass is 16.5. The molecule has 0 aromatic carbocycles. The molecule has 1 unspecified atom stereocenters. The lowest BCUT2D eigenvalue weighted by molar-refractivity contribution is 0.0598. The third kappa shape index (κ3) is 1.54. The van der Waals surface area contributed by atoms with Gasteiger partial charge in [-0.15, -0.1) is 0 Å². The molecule has 16 heavy (non-hydrogen) atoms. The van der Waals surface area contributed by atoms with Crippen LogP contribution in [0.15, 0.2) is 10.9 Å². The lowest BCUT2D eigenvalue weighted by Crippen LogP contribution is -2.27. The first-order chi connectivity index (χ1) is 7.54. The third-order valence-corrected chi connectivity index (χ3v) is 3.14. The van der Waals surface area contributed by atoms with E-state index >= 15 is 0 Å². The number of carbonyl (C=O) groups excluding carboxylic acids is 1. The molecule has 86 valence electrons.